The summed E-state index contributed by atoms with van der Waals surface area (Å²) in [5, 5.41) is 5.02. The van der Waals surface area contributed by atoms with Gasteiger partial charge >= 0.3 is 0 Å². The summed E-state index contributed by atoms with van der Waals surface area (Å²) >= 11 is 1.83. The second-order valence-corrected chi connectivity index (χ2v) is 11.2. The summed E-state index contributed by atoms with van der Waals surface area (Å²) in [7, 11) is 0. The van der Waals surface area contributed by atoms with E-state index in [4.69, 9.17) is 9.40 Å². The average molecular weight is 462 g/mol. The summed E-state index contributed by atoms with van der Waals surface area (Å²) in [6.07, 6.45) is 3.78. The molecule has 168 valence electrons. The number of nitrogens with zero attached hydrogens (tertiary/aromatic N) is 1. The Morgan fingerprint density at radius 2 is 1.65 bits per heavy atom. The fourth-order valence-corrected chi connectivity index (χ4v) is 6.31. The summed E-state index contributed by atoms with van der Waals surface area (Å²) in [6, 6.07) is 22.0. The third kappa shape index (κ3) is 3.26. The lowest BCUT2D eigenvalue weighted by molar-refractivity contribution is 0.596. The molecule has 0 unspecified atom stereocenters. The first-order chi connectivity index (χ1) is 16.3. The molecule has 3 heteroatoms. The van der Waals surface area contributed by atoms with Crippen molar-refractivity contribution in [2.24, 2.45) is 0 Å². The minimum atomic E-state index is 0.0383. The molecule has 0 aliphatic rings. The summed E-state index contributed by atoms with van der Waals surface area (Å²) in [5.74, 6) is 0. The van der Waals surface area contributed by atoms with Crippen LogP contribution in [0.3, 0.4) is 0 Å². The molecule has 0 aliphatic heterocycles. The first-order valence-corrected chi connectivity index (χ1v) is 12.5. The molecule has 3 heterocycles. The van der Waals surface area contributed by atoms with Gasteiger partial charge in [-0.2, -0.15) is 0 Å². The van der Waals surface area contributed by atoms with Crippen LogP contribution in [0.1, 0.15) is 37.5 Å². The monoisotopic (exact) mass is 461 g/mol. The van der Waals surface area contributed by atoms with Gasteiger partial charge in [-0.05, 0) is 81.9 Å². The summed E-state index contributed by atoms with van der Waals surface area (Å²) in [4.78, 5) is 6.18. The van der Waals surface area contributed by atoms with Gasteiger partial charge in [0.15, 0.2) is 0 Å². The van der Waals surface area contributed by atoms with Crippen LogP contribution < -0.4 is 0 Å². The van der Waals surface area contributed by atoms with Crippen LogP contribution in [-0.2, 0) is 5.41 Å². The molecule has 3 aromatic carbocycles. The Bertz CT molecular complexity index is 1710. The summed E-state index contributed by atoms with van der Waals surface area (Å²) in [6.45, 7) is 11.2. The number of thiophene rings is 1. The zero-order valence-electron chi connectivity index (χ0n) is 20.2. The predicted molar refractivity (Wildman–Crippen MR) is 146 cm³/mol. The molecule has 6 rings (SSSR count). The predicted octanol–water partition coefficient (Wildman–Crippen LogP) is 9.44. The van der Waals surface area contributed by atoms with Crippen molar-refractivity contribution in [3.05, 3.63) is 89.8 Å². The Morgan fingerprint density at radius 3 is 2.47 bits per heavy atom. The van der Waals surface area contributed by atoms with E-state index < -0.39 is 0 Å². The zero-order chi connectivity index (χ0) is 23.6. The van der Waals surface area contributed by atoms with E-state index in [0.29, 0.717) is 0 Å². The molecule has 34 heavy (non-hydrogen) atoms. The Balaban J connectivity index is 1.59. The van der Waals surface area contributed by atoms with Gasteiger partial charge in [-0.25, -0.2) is 0 Å². The topological polar surface area (TPSA) is 26.0 Å². The number of pyridine rings is 1. The quantitative estimate of drug-likeness (QED) is 0.257. The van der Waals surface area contributed by atoms with Crippen LogP contribution in [0.2, 0.25) is 0 Å². The maximum absolute atomic E-state index is 5.80. The first kappa shape index (κ1) is 21.1. The van der Waals surface area contributed by atoms with E-state index in [0.717, 1.165) is 11.3 Å². The summed E-state index contributed by atoms with van der Waals surface area (Å²) < 4.78 is 7.03. The highest BCUT2D eigenvalue weighted by Crippen LogP contribution is 2.44. The van der Waals surface area contributed by atoms with Crippen LogP contribution in [0.15, 0.2) is 77.5 Å². The number of hydrogen-bond donors (Lipinski definition) is 0. The second-order valence-electron chi connectivity index (χ2n) is 10.2. The van der Waals surface area contributed by atoms with Gasteiger partial charge in [-0.1, -0.05) is 57.2 Å². The number of furan rings is 1. The molecule has 0 spiro atoms. The van der Waals surface area contributed by atoms with Gasteiger partial charge in [0.2, 0.25) is 0 Å². The highest BCUT2D eigenvalue weighted by molar-refractivity contribution is 7.23. The van der Waals surface area contributed by atoms with Crippen molar-refractivity contribution in [1.29, 1.82) is 0 Å². The van der Waals surface area contributed by atoms with Crippen LogP contribution >= 0.6 is 11.3 Å². The first-order valence-electron chi connectivity index (χ1n) is 11.7. The lowest BCUT2D eigenvalue weighted by Crippen LogP contribution is -2.12. The molecular weight excluding hydrogens is 434 g/mol. The third-order valence-corrected chi connectivity index (χ3v) is 8.19. The van der Waals surface area contributed by atoms with Crippen molar-refractivity contribution in [2.45, 2.75) is 40.0 Å². The maximum atomic E-state index is 5.80. The van der Waals surface area contributed by atoms with E-state index >= 15 is 0 Å². The number of hydrogen-bond acceptors (Lipinski definition) is 3. The standard InChI is InChI=1S/C31H27NOS/c1-18-17-33-27-16-21(10-11-23(18)27)29-19(2)24-12-13-32-28(30(24)34-29)22-14-20-8-6-7-9-25(20)26(15-22)31(3,4)5/h6-17H,1-5H3. The Hall–Kier alpha value is -3.43. The largest absolute Gasteiger partial charge is 0.464 e. The third-order valence-electron chi connectivity index (χ3n) is 6.83. The van der Waals surface area contributed by atoms with Crippen molar-refractivity contribution in [1.82, 2.24) is 4.98 Å². The minimum Gasteiger partial charge on any atom is -0.464 e. The molecule has 6 aromatic rings. The number of aryl methyl sites for hydroxylation is 2. The highest BCUT2D eigenvalue weighted by atomic mass is 32.1. The molecule has 0 bridgehead atoms. The molecule has 0 fully saturated rings. The van der Waals surface area contributed by atoms with E-state index in [-0.39, 0.29) is 5.41 Å². The van der Waals surface area contributed by atoms with Crippen molar-refractivity contribution in [3.8, 4) is 21.7 Å². The van der Waals surface area contributed by atoms with E-state index in [1.54, 1.807) is 0 Å². The SMILES string of the molecule is Cc1coc2cc(-c3sc4c(-c5cc(C(C)(C)C)c6ccccc6c5)nccc4c3C)ccc12. The fraction of sp³-hybridized carbons (Fsp3) is 0.194. The van der Waals surface area contributed by atoms with Gasteiger partial charge in [0, 0.05) is 22.0 Å². The van der Waals surface area contributed by atoms with Gasteiger partial charge in [-0.15, -0.1) is 11.3 Å². The lowest BCUT2D eigenvalue weighted by Gasteiger charge is -2.22. The minimum absolute atomic E-state index is 0.0383. The van der Waals surface area contributed by atoms with Crippen LogP contribution in [0, 0.1) is 13.8 Å². The molecule has 0 radical (unpaired) electrons. The summed E-state index contributed by atoms with van der Waals surface area (Å²) in [5.41, 5.74) is 8.23. The molecule has 0 atom stereocenters. The maximum Gasteiger partial charge on any atom is 0.134 e. The molecule has 0 saturated carbocycles. The molecule has 0 aliphatic carbocycles. The fourth-order valence-electron chi connectivity index (χ4n) is 5.00. The number of benzene rings is 3. The van der Waals surface area contributed by atoms with Crippen molar-refractivity contribution < 1.29 is 4.42 Å². The van der Waals surface area contributed by atoms with Crippen LogP contribution in [0.4, 0.5) is 0 Å². The Labute approximate surface area is 203 Å². The highest BCUT2D eigenvalue weighted by Gasteiger charge is 2.21. The van der Waals surface area contributed by atoms with E-state index in [1.165, 1.54) is 58.9 Å². The van der Waals surface area contributed by atoms with Crippen molar-refractivity contribution in [3.63, 3.8) is 0 Å². The molecule has 0 N–H and O–H groups in total. The van der Waals surface area contributed by atoms with Crippen LogP contribution in [0.25, 0.3) is 53.5 Å². The average Bonchev–Trinajstić information content (AvgIpc) is 3.37. The lowest BCUT2D eigenvalue weighted by atomic mass is 9.82. The molecule has 0 amide bonds. The number of fused-ring (bicyclic) bond motifs is 3. The van der Waals surface area contributed by atoms with Gasteiger partial charge in [0.05, 0.1) is 16.7 Å². The second kappa shape index (κ2) is 7.54. The van der Waals surface area contributed by atoms with Crippen LogP contribution in [0.5, 0.6) is 0 Å². The van der Waals surface area contributed by atoms with E-state index in [9.17, 15) is 0 Å². The number of aromatic nitrogens is 1. The molecule has 0 saturated heterocycles. The van der Waals surface area contributed by atoms with Crippen molar-refractivity contribution >= 4 is 43.2 Å². The zero-order valence-corrected chi connectivity index (χ0v) is 21.0. The Morgan fingerprint density at radius 1 is 0.824 bits per heavy atom. The van der Waals surface area contributed by atoms with Gasteiger partial charge in [-0.3, -0.25) is 4.98 Å². The van der Waals surface area contributed by atoms with E-state index in [1.807, 2.05) is 23.8 Å². The Kier molecular flexibility index (Phi) is 4.69. The molecule has 3 aromatic heterocycles. The molecular formula is C31H27NOS. The molecule has 2 nitrogen and oxygen atoms in total. The smallest absolute Gasteiger partial charge is 0.134 e. The van der Waals surface area contributed by atoms with Crippen LogP contribution in [-0.4, -0.2) is 4.98 Å². The van der Waals surface area contributed by atoms with Gasteiger partial charge < -0.3 is 4.42 Å². The number of rotatable bonds is 2. The van der Waals surface area contributed by atoms with Crippen molar-refractivity contribution in [2.75, 3.05) is 0 Å². The van der Waals surface area contributed by atoms with Gasteiger partial charge in [0.1, 0.15) is 5.58 Å². The normalized spacial score (nSPS) is 12.3. The van der Waals surface area contributed by atoms with Gasteiger partial charge in [0.25, 0.3) is 0 Å². The van der Waals surface area contributed by atoms with E-state index in [2.05, 4.69) is 95.3 Å².